The number of methoxy groups -OCH3 is 1. The van der Waals surface area contributed by atoms with E-state index < -0.39 is 0 Å². The van der Waals surface area contributed by atoms with Crippen LogP contribution < -0.4 is 4.74 Å². The molecule has 4 aromatic heterocycles. The van der Waals surface area contributed by atoms with Gasteiger partial charge in [-0.05, 0) is 37.8 Å². The average Bonchev–Trinajstić information content (AvgIpc) is 3.41. The Morgan fingerprint density at radius 3 is 2.62 bits per heavy atom. The third-order valence-electron chi connectivity index (χ3n) is 5.76. The van der Waals surface area contributed by atoms with Gasteiger partial charge >= 0.3 is 0 Å². The molecule has 7 nitrogen and oxygen atoms in total. The fraction of sp³-hybridized carbons (Fsp3) is 0.318. The van der Waals surface area contributed by atoms with Crippen molar-refractivity contribution in [2.45, 2.75) is 37.8 Å². The third-order valence-corrected chi connectivity index (χ3v) is 5.76. The van der Waals surface area contributed by atoms with Crippen molar-refractivity contribution in [3.8, 4) is 28.1 Å². The van der Waals surface area contributed by atoms with Gasteiger partial charge in [0.05, 0.1) is 25.5 Å². The van der Waals surface area contributed by atoms with Gasteiger partial charge in [0, 0.05) is 58.5 Å². The van der Waals surface area contributed by atoms with Crippen LogP contribution in [-0.4, -0.2) is 43.1 Å². The monoisotopic (exact) mass is 389 g/mol. The highest BCUT2D eigenvalue weighted by atomic mass is 16.5. The van der Waals surface area contributed by atoms with Crippen molar-refractivity contribution in [1.29, 1.82) is 0 Å². The van der Waals surface area contributed by atoms with E-state index in [9.17, 15) is 5.11 Å². The van der Waals surface area contributed by atoms with Crippen LogP contribution in [0.5, 0.6) is 5.88 Å². The molecular weight excluding hydrogens is 366 g/mol. The van der Waals surface area contributed by atoms with E-state index in [0.717, 1.165) is 59.0 Å². The van der Waals surface area contributed by atoms with Gasteiger partial charge in [0.1, 0.15) is 5.65 Å². The Kier molecular flexibility index (Phi) is 4.52. The van der Waals surface area contributed by atoms with Crippen LogP contribution in [0.25, 0.3) is 33.3 Å². The molecule has 5 rings (SSSR count). The maximum atomic E-state index is 9.73. The number of pyridine rings is 2. The molecule has 0 atom stereocenters. The summed E-state index contributed by atoms with van der Waals surface area (Å²) in [6, 6.07) is 6.36. The number of nitrogens with one attached hydrogen (secondary N) is 1. The number of rotatable bonds is 4. The second kappa shape index (κ2) is 7.33. The molecule has 4 aromatic rings. The maximum Gasteiger partial charge on any atom is 0.212 e. The number of hydrogen-bond donors (Lipinski definition) is 2. The lowest BCUT2D eigenvalue weighted by Crippen LogP contribution is -2.21. The van der Waals surface area contributed by atoms with Crippen LogP contribution in [0.1, 0.15) is 31.7 Å². The predicted octanol–water partition coefficient (Wildman–Crippen LogP) is 3.97. The minimum Gasteiger partial charge on any atom is -0.481 e. The summed E-state index contributed by atoms with van der Waals surface area (Å²) >= 11 is 0. The molecule has 1 saturated carbocycles. The van der Waals surface area contributed by atoms with E-state index in [1.165, 1.54) is 0 Å². The summed E-state index contributed by atoms with van der Waals surface area (Å²) in [6.45, 7) is 0. The quantitative estimate of drug-likeness (QED) is 0.551. The molecule has 148 valence electrons. The minimum atomic E-state index is -0.160. The molecule has 1 fully saturated rings. The highest BCUT2D eigenvalue weighted by Crippen LogP contribution is 2.33. The molecule has 29 heavy (non-hydrogen) atoms. The van der Waals surface area contributed by atoms with Gasteiger partial charge in [-0.3, -0.25) is 4.68 Å². The van der Waals surface area contributed by atoms with Gasteiger partial charge in [-0.2, -0.15) is 5.10 Å². The number of aliphatic hydroxyl groups excluding tert-OH is 1. The molecule has 0 aromatic carbocycles. The molecular formula is C22H23N5O2. The largest absolute Gasteiger partial charge is 0.481 e. The Labute approximate surface area is 168 Å². The zero-order valence-electron chi connectivity index (χ0n) is 16.2. The first kappa shape index (κ1) is 17.9. The van der Waals surface area contributed by atoms with E-state index >= 15 is 0 Å². The van der Waals surface area contributed by atoms with E-state index in [4.69, 9.17) is 4.74 Å². The lowest BCUT2D eigenvalue weighted by Gasteiger charge is -2.25. The van der Waals surface area contributed by atoms with Crippen molar-refractivity contribution < 1.29 is 9.84 Å². The summed E-state index contributed by atoms with van der Waals surface area (Å²) in [5.41, 5.74) is 4.98. The normalized spacial score (nSPS) is 19.5. The van der Waals surface area contributed by atoms with Gasteiger partial charge < -0.3 is 14.8 Å². The molecule has 0 unspecified atom stereocenters. The van der Waals surface area contributed by atoms with Crippen molar-refractivity contribution in [3.05, 3.63) is 49.2 Å². The molecule has 0 spiro atoms. The molecule has 4 heterocycles. The zero-order chi connectivity index (χ0) is 19.8. The lowest BCUT2D eigenvalue weighted by molar-refractivity contribution is 0.108. The summed E-state index contributed by atoms with van der Waals surface area (Å²) in [5.74, 6) is 0.593. The molecule has 0 aliphatic heterocycles. The molecule has 1 aliphatic carbocycles. The van der Waals surface area contributed by atoms with Crippen molar-refractivity contribution in [2.75, 3.05) is 7.11 Å². The van der Waals surface area contributed by atoms with E-state index in [0.29, 0.717) is 11.9 Å². The third kappa shape index (κ3) is 3.38. The topological polar surface area (TPSA) is 88.8 Å². The Balaban J connectivity index is 1.47. The van der Waals surface area contributed by atoms with E-state index in [-0.39, 0.29) is 6.10 Å². The molecule has 0 bridgehead atoms. The molecule has 0 radical (unpaired) electrons. The first-order valence-corrected chi connectivity index (χ1v) is 9.91. The van der Waals surface area contributed by atoms with Crippen LogP contribution in [0.3, 0.4) is 0 Å². The number of ether oxygens (including phenoxy) is 1. The summed E-state index contributed by atoms with van der Waals surface area (Å²) < 4.78 is 7.19. The summed E-state index contributed by atoms with van der Waals surface area (Å²) in [7, 11) is 1.61. The van der Waals surface area contributed by atoms with Crippen molar-refractivity contribution in [3.63, 3.8) is 0 Å². The summed E-state index contributed by atoms with van der Waals surface area (Å²) in [6.07, 6.45) is 13.1. The highest BCUT2D eigenvalue weighted by molar-refractivity contribution is 5.95. The van der Waals surface area contributed by atoms with Gasteiger partial charge in [0.2, 0.25) is 5.88 Å². The zero-order valence-corrected chi connectivity index (χ0v) is 16.2. The van der Waals surface area contributed by atoms with Gasteiger partial charge in [-0.15, -0.1) is 0 Å². The maximum absolute atomic E-state index is 9.73. The molecule has 0 amide bonds. The highest BCUT2D eigenvalue weighted by Gasteiger charge is 2.21. The minimum absolute atomic E-state index is 0.160. The average molecular weight is 389 g/mol. The first-order valence-electron chi connectivity index (χ1n) is 9.91. The number of aliphatic hydroxyl groups is 1. The van der Waals surface area contributed by atoms with Crippen LogP contribution >= 0.6 is 0 Å². The molecule has 1 aliphatic rings. The molecule has 2 N–H and O–H groups in total. The number of aromatic amines is 1. The van der Waals surface area contributed by atoms with Crippen molar-refractivity contribution in [2.24, 2.45) is 0 Å². The number of fused-ring (bicyclic) bond motifs is 1. The van der Waals surface area contributed by atoms with Crippen LogP contribution in [-0.2, 0) is 0 Å². The number of aromatic nitrogens is 5. The Bertz CT molecular complexity index is 1120. The lowest BCUT2D eigenvalue weighted by atomic mass is 9.93. The SMILES string of the molecule is COc1ccc(-c2c[nH]c3ncc(-c4cnn(C5CCC(O)CC5)c4)cc23)cn1. The van der Waals surface area contributed by atoms with Crippen molar-refractivity contribution >= 4 is 11.0 Å². The Morgan fingerprint density at radius 2 is 1.86 bits per heavy atom. The second-order valence-corrected chi connectivity index (χ2v) is 7.58. The Morgan fingerprint density at radius 1 is 1.03 bits per heavy atom. The van der Waals surface area contributed by atoms with Gasteiger partial charge in [-0.1, -0.05) is 0 Å². The van der Waals surface area contributed by atoms with E-state index in [1.54, 1.807) is 7.11 Å². The number of nitrogens with zero attached hydrogens (tertiary/aromatic N) is 4. The number of H-pyrrole nitrogens is 1. The molecule has 7 heteroatoms. The van der Waals surface area contributed by atoms with Crippen LogP contribution in [0, 0.1) is 0 Å². The standard InChI is InChI=1S/C22H23N5O2/c1-29-21-7-2-14(9-23-21)20-12-25-22-19(20)8-15(10-24-22)16-11-26-27(13-16)17-3-5-18(28)6-4-17/h2,7-13,17-18,28H,3-6H2,1H3,(H,24,25). The second-order valence-electron chi connectivity index (χ2n) is 7.58. The smallest absolute Gasteiger partial charge is 0.212 e. The van der Waals surface area contributed by atoms with Crippen LogP contribution in [0.4, 0.5) is 0 Å². The van der Waals surface area contributed by atoms with Crippen molar-refractivity contribution in [1.82, 2.24) is 24.7 Å². The molecule has 0 saturated heterocycles. The van der Waals surface area contributed by atoms with Gasteiger partial charge in [0.25, 0.3) is 0 Å². The van der Waals surface area contributed by atoms with Crippen LogP contribution in [0.2, 0.25) is 0 Å². The van der Waals surface area contributed by atoms with E-state index in [2.05, 4.69) is 32.3 Å². The fourth-order valence-electron chi connectivity index (χ4n) is 4.07. The summed E-state index contributed by atoms with van der Waals surface area (Å²) in [5, 5.41) is 15.4. The predicted molar refractivity (Wildman–Crippen MR) is 111 cm³/mol. The van der Waals surface area contributed by atoms with Gasteiger partial charge in [-0.25, -0.2) is 9.97 Å². The summed E-state index contributed by atoms with van der Waals surface area (Å²) in [4.78, 5) is 12.2. The fourth-order valence-corrected chi connectivity index (χ4v) is 4.07. The van der Waals surface area contributed by atoms with Crippen LogP contribution in [0.15, 0.2) is 49.2 Å². The first-order chi connectivity index (χ1) is 14.2. The number of hydrogen-bond acceptors (Lipinski definition) is 5. The van der Waals surface area contributed by atoms with E-state index in [1.807, 2.05) is 41.6 Å². The van der Waals surface area contributed by atoms with Gasteiger partial charge in [0.15, 0.2) is 0 Å². The Hall–Kier alpha value is -3.19.